The van der Waals surface area contributed by atoms with E-state index in [0.717, 1.165) is 0 Å². The molecule has 0 saturated carbocycles. The van der Waals surface area contributed by atoms with Gasteiger partial charge in [-0.15, -0.1) is 0 Å². The predicted octanol–water partition coefficient (Wildman–Crippen LogP) is 3.13. The van der Waals surface area contributed by atoms with E-state index < -0.39 is 17.0 Å². The first kappa shape index (κ1) is 12.9. The number of thioether (sulfide) groups is 1. The average Bonchev–Trinajstić information content (AvgIpc) is 2.25. The van der Waals surface area contributed by atoms with Gasteiger partial charge in [-0.1, -0.05) is 11.8 Å². The quantitative estimate of drug-likeness (QED) is 0.824. The Kier molecular flexibility index (Phi) is 4.23. The summed E-state index contributed by atoms with van der Waals surface area (Å²) < 4.78 is 40.4. The molecule has 88 valence electrons. The molecule has 0 aliphatic heterocycles. The van der Waals surface area contributed by atoms with E-state index in [0.29, 0.717) is 5.75 Å². The number of carbonyl (C=O) groups is 1. The van der Waals surface area contributed by atoms with Crippen LogP contribution < -0.4 is 4.74 Å². The smallest absolute Gasteiger partial charge is 0.398 e. The van der Waals surface area contributed by atoms with Crippen LogP contribution in [-0.4, -0.2) is 24.2 Å². The monoisotopic (exact) mass is 250 g/mol. The largest absolute Gasteiger partial charge is 0.497 e. The van der Waals surface area contributed by atoms with Crippen LogP contribution in [0.5, 0.6) is 5.75 Å². The SMILES string of the molecule is COc1ccc(C(=O)SCC(F)(F)F)cc1. The van der Waals surface area contributed by atoms with Gasteiger partial charge in [0.05, 0.1) is 12.9 Å². The first-order valence-corrected chi connectivity index (χ1v) is 5.29. The summed E-state index contributed by atoms with van der Waals surface area (Å²) in [5.41, 5.74) is 0.232. The molecule has 0 N–H and O–H groups in total. The zero-order chi connectivity index (χ0) is 12.2. The van der Waals surface area contributed by atoms with Crippen molar-refractivity contribution in [2.75, 3.05) is 12.9 Å². The summed E-state index contributed by atoms with van der Waals surface area (Å²) in [6.45, 7) is 0. The van der Waals surface area contributed by atoms with E-state index >= 15 is 0 Å². The molecule has 0 radical (unpaired) electrons. The van der Waals surface area contributed by atoms with Crippen molar-refractivity contribution in [2.24, 2.45) is 0 Å². The molecule has 6 heteroatoms. The molecule has 0 aliphatic rings. The van der Waals surface area contributed by atoms with Crippen molar-refractivity contribution in [3.63, 3.8) is 0 Å². The Balaban J connectivity index is 2.59. The highest BCUT2D eigenvalue weighted by molar-refractivity contribution is 8.14. The Hall–Kier alpha value is -1.17. The van der Waals surface area contributed by atoms with E-state index in [1.54, 1.807) is 0 Å². The Bertz CT molecular complexity index is 359. The highest BCUT2D eigenvalue weighted by atomic mass is 32.2. The van der Waals surface area contributed by atoms with Crippen LogP contribution >= 0.6 is 11.8 Å². The summed E-state index contributed by atoms with van der Waals surface area (Å²) >= 11 is 0.245. The van der Waals surface area contributed by atoms with Gasteiger partial charge in [0.1, 0.15) is 5.75 Å². The van der Waals surface area contributed by atoms with Gasteiger partial charge in [0.2, 0.25) is 5.12 Å². The van der Waals surface area contributed by atoms with Crippen LogP contribution in [0.15, 0.2) is 24.3 Å². The average molecular weight is 250 g/mol. The van der Waals surface area contributed by atoms with Crippen LogP contribution in [-0.2, 0) is 0 Å². The molecule has 1 rings (SSSR count). The molecular weight excluding hydrogens is 241 g/mol. The number of methoxy groups -OCH3 is 1. The van der Waals surface area contributed by atoms with Gasteiger partial charge in [-0.25, -0.2) is 0 Å². The van der Waals surface area contributed by atoms with Gasteiger partial charge >= 0.3 is 6.18 Å². The van der Waals surface area contributed by atoms with Crippen molar-refractivity contribution < 1.29 is 22.7 Å². The zero-order valence-electron chi connectivity index (χ0n) is 8.38. The van der Waals surface area contributed by atoms with E-state index in [4.69, 9.17) is 4.74 Å². The van der Waals surface area contributed by atoms with Crippen LogP contribution in [0.4, 0.5) is 13.2 Å². The number of hydrogen-bond donors (Lipinski definition) is 0. The number of hydrogen-bond acceptors (Lipinski definition) is 3. The molecule has 0 aliphatic carbocycles. The van der Waals surface area contributed by atoms with Gasteiger partial charge in [-0.2, -0.15) is 13.2 Å². The molecular formula is C10H9F3O2S. The molecule has 0 atom stereocenters. The third-order valence-corrected chi connectivity index (χ3v) is 2.66. The highest BCUT2D eigenvalue weighted by Crippen LogP contribution is 2.24. The lowest BCUT2D eigenvalue weighted by atomic mass is 10.2. The van der Waals surface area contributed by atoms with Crippen molar-refractivity contribution in [2.45, 2.75) is 6.18 Å². The molecule has 16 heavy (non-hydrogen) atoms. The molecule has 0 saturated heterocycles. The second-order valence-electron chi connectivity index (χ2n) is 2.92. The number of rotatable bonds is 3. The molecule has 1 aromatic rings. The molecule has 0 amide bonds. The van der Waals surface area contributed by atoms with Gasteiger partial charge in [-0.3, -0.25) is 4.79 Å². The molecule has 0 heterocycles. The molecule has 1 aromatic carbocycles. The fourth-order valence-corrected chi connectivity index (χ4v) is 1.56. The van der Waals surface area contributed by atoms with E-state index in [-0.39, 0.29) is 17.3 Å². The van der Waals surface area contributed by atoms with E-state index in [1.165, 1.54) is 31.4 Å². The Morgan fingerprint density at radius 1 is 1.31 bits per heavy atom. The number of ether oxygens (including phenoxy) is 1. The molecule has 0 aromatic heterocycles. The summed E-state index contributed by atoms with van der Waals surface area (Å²) in [6.07, 6.45) is -4.33. The fraction of sp³-hybridized carbons (Fsp3) is 0.300. The van der Waals surface area contributed by atoms with Crippen LogP contribution in [0, 0.1) is 0 Å². The zero-order valence-corrected chi connectivity index (χ0v) is 9.19. The lowest BCUT2D eigenvalue weighted by molar-refractivity contribution is -0.105. The van der Waals surface area contributed by atoms with Crippen molar-refractivity contribution in [1.29, 1.82) is 0 Å². The summed E-state index contributed by atoms with van der Waals surface area (Å²) in [4.78, 5) is 11.3. The van der Waals surface area contributed by atoms with Crippen LogP contribution in [0.1, 0.15) is 10.4 Å². The van der Waals surface area contributed by atoms with Gasteiger partial charge in [-0.05, 0) is 24.3 Å². The summed E-state index contributed by atoms with van der Waals surface area (Å²) in [5, 5.41) is -0.597. The van der Waals surface area contributed by atoms with Crippen LogP contribution in [0.25, 0.3) is 0 Å². The van der Waals surface area contributed by atoms with Crippen molar-refractivity contribution >= 4 is 16.9 Å². The second-order valence-corrected chi connectivity index (χ2v) is 3.87. The van der Waals surface area contributed by atoms with Crippen molar-refractivity contribution in [1.82, 2.24) is 0 Å². The minimum Gasteiger partial charge on any atom is -0.497 e. The fourth-order valence-electron chi connectivity index (χ4n) is 0.958. The molecule has 0 fully saturated rings. The molecule has 0 unspecified atom stereocenters. The molecule has 0 bridgehead atoms. The lowest BCUT2D eigenvalue weighted by Crippen LogP contribution is -2.12. The van der Waals surface area contributed by atoms with Crippen molar-refractivity contribution in [3.05, 3.63) is 29.8 Å². The van der Waals surface area contributed by atoms with Crippen LogP contribution in [0.3, 0.4) is 0 Å². The summed E-state index contributed by atoms with van der Waals surface area (Å²) in [7, 11) is 1.47. The maximum atomic E-state index is 11.9. The predicted molar refractivity (Wildman–Crippen MR) is 55.8 cm³/mol. The van der Waals surface area contributed by atoms with Gasteiger partial charge < -0.3 is 4.74 Å². The molecule has 0 spiro atoms. The topological polar surface area (TPSA) is 26.3 Å². The highest BCUT2D eigenvalue weighted by Gasteiger charge is 2.28. The molecule has 2 nitrogen and oxygen atoms in total. The third-order valence-electron chi connectivity index (χ3n) is 1.69. The number of benzene rings is 1. The summed E-state index contributed by atoms with van der Waals surface area (Å²) in [5.74, 6) is -0.616. The standard InChI is InChI=1S/C10H9F3O2S/c1-15-8-4-2-7(3-5-8)9(14)16-6-10(11,12)13/h2-5H,6H2,1H3. The van der Waals surface area contributed by atoms with Crippen LogP contribution in [0.2, 0.25) is 0 Å². The minimum atomic E-state index is -4.33. The lowest BCUT2D eigenvalue weighted by Gasteiger charge is -2.05. The Morgan fingerprint density at radius 3 is 2.31 bits per heavy atom. The second kappa shape index (κ2) is 5.25. The third kappa shape index (κ3) is 4.14. The van der Waals surface area contributed by atoms with E-state index in [2.05, 4.69) is 0 Å². The summed E-state index contributed by atoms with van der Waals surface area (Å²) in [6, 6.07) is 5.93. The van der Waals surface area contributed by atoms with Crippen molar-refractivity contribution in [3.8, 4) is 5.75 Å². The van der Waals surface area contributed by atoms with E-state index in [1.807, 2.05) is 0 Å². The van der Waals surface area contributed by atoms with E-state index in [9.17, 15) is 18.0 Å². The number of carbonyl (C=O) groups excluding carboxylic acids is 1. The maximum absolute atomic E-state index is 11.9. The maximum Gasteiger partial charge on any atom is 0.398 e. The minimum absolute atomic E-state index is 0.232. The van der Waals surface area contributed by atoms with Gasteiger partial charge in [0, 0.05) is 5.56 Å². The number of alkyl halides is 3. The Labute approximate surface area is 94.8 Å². The van der Waals surface area contributed by atoms with Gasteiger partial charge in [0.15, 0.2) is 0 Å². The first-order chi connectivity index (χ1) is 7.42. The van der Waals surface area contributed by atoms with Gasteiger partial charge in [0.25, 0.3) is 0 Å². The Morgan fingerprint density at radius 2 is 1.88 bits per heavy atom. The normalized spacial score (nSPS) is 11.2. The first-order valence-electron chi connectivity index (χ1n) is 4.30. The number of halogens is 3.